The molecule has 71 heavy (non-hydrogen) atoms. The number of allylic oxidation sites excluding steroid dienone is 18. The monoisotopic (exact) mass is 921 g/mol. The number of rotatable bonds is 9. The first-order valence-electron chi connectivity index (χ1n) is 27.0. The predicted octanol–water partition coefficient (Wildman–Crippen LogP) is 16.5. The summed E-state index contributed by atoms with van der Waals surface area (Å²) in [5.74, 6) is 0.987. The van der Waals surface area contributed by atoms with E-state index in [4.69, 9.17) is 0 Å². The number of hydrogen-bond donors (Lipinski definition) is 0. The molecular weight excluding hydrogens is 856 g/mol. The van der Waals surface area contributed by atoms with Crippen LogP contribution in [0.3, 0.4) is 0 Å². The van der Waals surface area contributed by atoms with E-state index >= 15 is 0 Å². The number of anilines is 3. The number of benzene rings is 5. The molecule has 0 radical (unpaired) electrons. The lowest BCUT2D eigenvalue weighted by molar-refractivity contribution is 0.195. The zero-order chi connectivity index (χ0) is 47.3. The van der Waals surface area contributed by atoms with Crippen LogP contribution < -0.4 is 15.3 Å². The van der Waals surface area contributed by atoms with Crippen molar-refractivity contribution in [2.24, 2.45) is 5.92 Å². The Hall–Kier alpha value is -6.84. The molecule has 350 valence electrons. The van der Waals surface area contributed by atoms with Gasteiger partial charge in [0.15, 0.2) is 6.71 Å². The molecule has 7 atom stereocenters. The molecule has 2 nitrogen and oxygen atoms in total. The lowest BCUT2D eigenvalue weighted by Gasteiger charge is -2.64. The third-order valence-corrected chi connectivity index (χ3v) is 17.9. The summed E-state index contributed by atoms with van der Waals surface area (Å²) in [5, 5.41) is 0. The first-order chi connectivity index (χ1) is 35.1. The molecule has 8 aliphatic rings. The van der Waals surface area contributed by atoms with Crippen LogP contribution in [0.1, 0.15) is 87.8 Å². The molecule has 2 heterocycles. The van der Waals surface area contributed by atoms with E-state index in [2.05, 4.69) is 235 Å². The van der Waals surface area contributed by atoms with Gasteiger partial charge in [0.1, 0.15) is 0 Å². The van der Waals surface area contributed by atoms with Crippen LogP contribution in [-0.2, 0) is 5.41 Å². The van der Waals surface area contributed by atoms with E-state index in [1.165, 1.54) is 78.2 Å². The molecule has 5 aromatic rings. The van der Waals surface area contributed by atoms with Crippen molar-refractivity contribution in [3.05, 3.63) is 252 Å². The molecule has 0 aromatic heterocycles. The van der Waals surface area contributed by atoms with Crippen LogP contribution in [0.5, 0.6) is 0 Å². The summed E-state index contributed by atoms with van der Waals surface area (Å²) < 4.78 is 0. The molecular formula is C68H65BN2. The molecule has 2 aliphatic heterocycles. The van der Waals surface area contributed by atoms with Gasteiger partial charge in [-0.2, -0.15) is 0 Å². The number of nitrogens with zero attached hydrogens (tertiary/aromatic N) is 2. The van der Waals surface area contributed by atoms with E-state index in [0.717, 1.165) is 64.2 Å². The molecule has 2 fully saturated rings. The van der Waals surface area contributed by atoms with Gasteiger partial charge in [-0.05, 0) is 168 Å². The normalized spacial score (nSPS) is 26.0. The highest BCUT2D eigenvalue weighted by molar-refractivity contribution is 6.79. The average molecular weight is 921 g/mol. The molecule has 1 saturated heterocycles. The van der Waals surface area contributed by atoms with Crippen LogP contribution in [-0.4, -0.2) is 24.8 Å². The fourth-order valence-corrected chi connectivity index (χ4v) is 14.5. The van der Waals surface area contributed by atoms with E-state index in [9.17, 15) is 0 Å². The van der Waals surface area contributed by atoms with Crippen molar-refractivity contribution in [3.8, 4) is 11.1 Å². The zero-order valence-corrected chi connectivity index (χ0v) is 41.3. The molecule has 0 bridgehead atoms. The van der Waals surface area contributed by atoms with Gasteiger partial charge in [0.2, 0.25) is 0 Å². The Kier molecular flexibility index (Phi) is 11.6. The van der Waals surface area contributed by atoms with E-state index in [-0.39, 0.29) is 29.4 Å². The van der Waals surface area contributed by atoms with Crippen molar-refractivity contribution in [1.82, 2.24) is 0 Å². The van der Waals surface area contributed by atoms with Crippen LogP contribution in [0.2, 0.25) is 11.6 Å². The maximum atomic E-state index is 2.98. The summed E-state index contributed by atoms with van der Waals surface area (Å²) in [6.07, 6.45) is 47.5. The summed E-state index contributed by atoms with van der Waals surface area (Å²) in [5.41, 5.74) is 19.2. The molecule has 7 unspecified atom stereocenters. The summed E-state index contributed by atoms with van der Waals surface area (Å²) in [7, 11) is 0. The second-order valence-corrected chi connectivity index (χ2v) is 21.6. The van der Waals surface area contributed by atoms with Crippen LogP contribution in [0.25, 0.3) is 22.3 Å². The topological polar surface area (TPSA) is 6.48 Å². The molecule has 5 aromatic carbocycles. The average Bonchev–Trinajstić information content (AvgIpc) is 3.46. The highest BCUT2D eigenvalue weighted by atomic mass is 15.3. The smallest absolute Gasteiger partial charge is 0.195 e. The van der Waals surface area contributed by atoms with Gasteiger partial charge in [-0.25, -0.2) is 0 Å². The van der Waals surface area contributed by atoms with Crippen molar-refractivity contribution in [1.29, 1.82) is 0 Å². The van der Waals surface area contributed by atoms with E-state index in [1.54, 1.807) is 0 Å². The van der Waals surface area contributed by atoms with E-state index < -0.39 is 0 Å². The van der Waals surface area contributed by atoms with Crippen LogP contribution in [0.4, 0.5) is 17.1 Å². The first-order valence-corrected chi connectivity index (χ1v) is 27.0. The molecule has 0 amide bonds. The minimum Gasteiger partial charge on any atom is -0.362 e. The lowest BCUT2D eigenvalue weighted by Crippen LogP contribution is -2.71. The number of fused-ring (bicyclic) bond motifs is 4. The quantitative estimate of drug-likeness (QED) is 0.136. The Morgan fingerprint density at radius 1 is 0.549 bits per heavy atom. The Morgan fingerprint density at radius 3 is 1.94 bits per heavy atom. The molecule has 6 aliphatic carbocycles. The zero-order valence-electron chi connectivity index (χ0n) is 41.3. The fourth-order valence-electron chi connectivity index (χ4n) is 14.5. The standard InChI is InChI=1S/C68H65BN2/c1-68(56-32-16-6-17-33-56,57-34-18-7-19-35-57)58-46-65-67-66(47-58)71(60-37-21-31-53(43-60)49-24-10-3-11-25-49)64-45-55(51-28-14-5-15-29-51)39-41-62(64)69(67)61-40-38-54(50-26-12-4-13-27-50)44-63(61)70(65)59-36-20-30-52(42-59)48-22-8-2-9-23-48/h2-4,6,8,10-12,14,16-18,20-22,24-26,28-45,58,62,64-67H,5,7,9,13,15,19,23,27,46-47H2,1H3. The maximum Gasteiger partial charge on any atom is 0.195 e. The summed E-state index contributed by atoms with van der Waals surface area (Å²) in [6.45, 7) is 2.95. The summed E-state index contributed by atoms with van der Waals surface area (Å²) in [4.78, 5) is 5.89. The number of hydrogen-bond acceptors (Lipinski definition) is 2. The van der Waals surface area contributed by atoms with Gasteiger partial charge in [0.25, 0.3) is 0 Å². The Balaban J connectivity index is 1.07. The third kappa shape index (κ3) is 7.88. The highest BCUT2D eigenvalue weighted by Crippen LogP contribution is 2.60. The van der Waals surface area contributed by atoms with Gasteiger partial charge in [0, 0.05) is 40.6 Å². The largest absolute Gasteiger partial charge is 0.362 e. The van der Waals surface area contributed by atoms with Crippen molar-refractivity contribution in [2.45, 2.75) is 106 Å². The second-order valence-electron chi connectivity index (χ2n) is 21.6. The SMILES string of the molecule is CC(C1=CCCC=C1)(c1ccccc1)C1CC2C3B(c4ccc(C5=CC=CCC5)cc4N2c2cccc(C4=CC=CCC4)c2)C2C=CC(C4=CCCC=C4)=CC2N(c2cccc(-c4ccccc4)c2)C3C1. The molecule has 0 N–H and O–H groups in total. The van der Waals surface area contributed by atoms with Gasteiger partial charge in [0.05, 0.1) is 0 Å². The van der Waals surface area contributed by atoms with Gasteiger partial charge < -0.3 is 9.80 Å². The third-order valence-electron chi connectivity index (χ3n) is 17.9. The minimum absolute atomic E-state index is 0.166. The fraction of sp³-hybridized carbons (Fsp3) is 0.265. The van der Waals surface area contributed by atoms with E-state index in [1.807, 2.05) is 0 Å². The van der Waals surface area contributed by atoms with Crippen LogP contribution >= 0.6 is 0 Å². The van der Waals surface area contributed by atoms with Gasteiger partial charge in [-0.15, -0.1) is 0 Å². The van der Waals surface area contributed by atoms with Crippen molar-refractivity contribution < 1.29 is 0 Å². The van der Waals surface area contributed by atoms with Gasteiger partial charge in [-0.3, -0.25) is 0 Å². The van der Waals surface area contributed by atoms with Crippen LogP contribution in [0.15, 0.2) is 235 Å². The Bertz CT molecular complexity index is 3170. The van der Waals surface area contributed by atoms with Gasteiger partial charge in [-0.1, -0.05) is 201 Å². The maximum absolute atomic E-state index is 2.98. The van der Waals surface area contributed by atoms with Crippen LogP contribution in [0, 0.1) is 5.92 Å². The summed E-state index contributed by atoms with van der Waals surface area (Å²) >= 11 is 0. The van der Waals surface area contributed by atoms with Crippen molar-refractivity contribution in [3.63, 3.8) is 0 Å². The molecule has 0 spiro atoms. The molecule has 3 heteroatoms. The van der Waals surface area contributed by atoms with Crippen molar-refractivity contribution in [2.75, 3.05) is 9.80 Å². The highest BCUT2D eigenvalue weighted by Gasteiger charge is 2.61. The summed E-state index contributed by atoms with van der Waals surface area (Å²) in [6, 6.07) is 50.4. The molecule has 1 saturated carbocycles. The Morgan fingerprint density at radius 2 is 1.23 bits per heavy atom. The molecule has 13 rings (SSSR count). The van der Waals surface area contributed by atoms with E-state index in [0.29, 0.717) is 18.4 Å². The minimum atomic E-state index is -0.202. The van der Waals surface area contributed by atoms with Gasteiger partial charge >= 0.3 is 0 Å². The first kappa shape index (κ1) is 44.1. The second kappa shape index (κ2) is 18.7. The lowest BCUT2D eigenvalue weighted by atomic mass is 9.23. The Labute approximate surface area is 423 Å². The predicted molar refractivity (Wildman–Crippen MR) is 303 cm³/mol. The van der Waals surface area contributed by atoms with Crippen molar-refractivity contribution >= 4 is 40.4 Å².